The lowest BCUT2D eigenvalue weighted by Gasteiger charge is -2.41. The van der Waals surface area contributed by atoms with E-state index in [1.165, 1.54) is 77.0 Å². The molecule has 0 bridgehead atoms. The van der Waals surface area contributed by atoms with E-state index in [-0.39, 0.29) is 12.8 Å². The molecule has 0 radical (unpaired) electrons. The van der Waals surface area contributed by atoms with Gasteiger partial charge in [-0.25, -0.2) is 4.57 Å². The number of esters is 2. The Hall–Kier alpha value is -1.67. The number of carbonyl (C=O) groups excluding carboxylic acids is 2. The van der Waals surface area contributed by atoms with Crippen LogP contribution in [0, 0.1) is 0 Å². The maximum Gasteiger partial charge on any atom is 0.472 e. The number of hydrogen-bond donors (Lipinski definition) is 6. The summed E-state index contributed by atoms with van der Waals surface area (Å²) in [6.07, 6.45) is 21.2. The van der Waals surface area contributed by atoms with E-state index >= 15 is 0 Å². The fourth-order valence-electron chi connectivity index (χ4n) is 6.49. The van der Waals surface area contributed by atoms with Crippen molar-refractivity contribution in [3.8, 4) is 0 Å². The van der Waals surface area contributed by atoms with E-state index in [9.17, 15) is 44.6 Å². The molecule has 6 atom stereocenters. The van der Waals surface area contributed by atoms with Gasteiger partial charge in [0.2, 0.25) is 0 Å². The molecule has 56 heavy (non-hydrogen) atoms. The number of aliphatic hydroxyl groups is 5. The summed E-state index contributed by atoms with van der Waals surface area (Å²) in [5, 5.41) is 50.0. The largest absolute Gasteiger partial charge is 0.472 e. The van der Waals surface area contributed by atoms with Crippen LogP contribution in [0.15, 0.2) is 24.3 Å². The summed E-state index contributed by atoms with van der Waals surface area (Å²) < 4.78 is 33.4. The summed E-state index contributed by atoms with van der Waals surface area (Å²) in [6, 6.07) is 0. The Morgan fingerprint density at radius 1 is 0.554 bits per heavy atom. The molecule has 0 aromatic carbocycles. The van der Waals surface area contributed by atoms with Crippen molar-refractivity contribution in [2.75, 3.05) is 13.2 Å². The topological polar surface area (TPSA) is 210 Å². The number of phosphoric ester groups is 1. The Morgan fingerprint density at radius 2 is 0.964 bits per heavy atom. The molecular weight excluding hydrogens is 743 g/mol. The van der Waals surface area contributed by atoms with Crippen LogP contribution in [0.25, 0.3) is 0 Å². The molecule has 6 N–H and O–H groups in total. The van der Waals surface area contributed by atoms with Gasteiger partial charge in [0.25, 0.3) is 0 Å². The highest BCUT2D eigenvalue weighted by Crippen LogP contribution is 2.47. The molecule has 1 saturated carbocycles. The number of unbranched alkanes of at least 4 members (excludes halogenated alkanes) is 19. The number of aliphatic hydroxyl groups excluding tert-OH is 5. The predicted molar refractivity (Wildman–Crippen MR) is 217 cm³/mol. The molecule has 14 heteroatoms. The van der Waals surface area contributed by atoms with E-state index in [0.717, 1.165) is 57.8 Å². The van der Waals surface area contributed by atoms with Crippen molar-refractivity contribution >= 4 is 19.8 Å². The maximum absolute atomic E-state index is 12.8. The van der Waals surface area contributed by atoms with Crippen LogP contribution < -0.4 is 0 Å². The fraction of sp³-hybridized carbons (Fsp3) is 0.857. The lowest BCUT2D eigenvalue weighted by Crippen LogP contribution is -2.64. The van der Waals surface area contributed by atoms with Crippen molar-refractivity contribution in [3.05, 3.63) is 24.3 Å². The zero-order valence-corrected chi connectivity index (χ0v) is 35.3. The van der Waals surface area contributed by atoms with Crippen LogP contribution >= 0.6 is 7.82 Å². The van der Waals surface area contributed by atoms with Gasteiger partial charge in [-0.05, 0) is 44.9 Å². The molecule has 1 fully saturated rings. The first-order chi connectivity index (χ1) is 26.9. The second-order valence-corrected chi connectivity index (χ2v) is 16.6. The van der Waals surface area contributed by atoms with E-state index in [1.807, 2.05) is 0 Å². The second kappa shape index (κ2) is 33.2. The SMILES string of the molecule is CCCCC/C=C\C/C=C\CCCCCCCCCCCC(=O)OC(COC(=O)CCCCCCCCCC)COP(=O)(O)OC1C(O)C(O)C(O)C(O)C1O. The standard InChI is InChI=1S/C42H77O13P/c1-3-5-7-9-11-13-14-15-16-17-18-19-20-21-22-23-25-27-29-31-36(44)54-34(32-52-35(43)30-28-26-24-12-10-8-6-4-2)33-53-56(50,51)55-42-40(48)38(46)37(45)39(47)41(42)49/h11,13,15-16,34,37-42,45-49H,3-10,12,14,17-33H2,1-2H3,(H,50,51)/b13-11-,16-15-. The summed E-state index contributed by atoms with van der Waals surface area (Å²) in [4.78, 5) is 35.5. The highest BCUT2D eigenvalue weighted by molar-refractivity contribution is 7.47. The average Bonchev–Trinajstić information content (AvgIpc) is 3.18. The van der Waals surface area contributed by atoms with Crippen molar-refractivity contribution in [1.82, 2.24) is 0 Å². The Balaban J connectivity index is 2.43. The third kappa shape index (κ3) is 25.6. The monoisotopic (exact) mass is 821 g/mol. The van der Waals surface area contributed by atoms with Crippen molar-refractivity contribution < 1.29 is 63.1 Å². The van der Waals surface area contributed by atoms with Crippen LogP contribution in [0.3, 0.4) is 0 Å². The summed E-state index contributed by atoms with van der Waals surface area (Å²) in [5.41, 5.74) is 0. The lowest BCUT2D eigenvalue weighted by molar-refractivity contribution is -0.220. The molecule has 0 aromatic rings. The average molecular weight is 821 g/mol. The zero-order valence-electron chi connectivity index (χ0n) is 34.4. The fourth-order valence-corrected chi connectivity index (χ4v) is 7.47. The number of rotatable bonds is 35. The minimum atomic E-state index is -5.11. The summed E-state index contributed by atoms with van der Waals surface area (Å²) >= 11 is 0. The molecule has 0 aromatic heterocycles. The van der Waals surface area contributed by atoms with Gasteiger partial charge in [-0.2, -0.15) is 0 Å². The van der Waals surface area contributed by atoms with Gasteiger partial charge in [-0.1, -0.05) is 141 Å². The van der Waals surface area contributed by atoms with Crippen LogP contribution in [0.5, 0.6) is 0 Å². The van der Waals surface area contributed by atoms with Gasteiger partial charge in [-0.15, -0.1) is 0 Å². The summed E-state index contributed by atoms with van der Waals surface area (Å²) in [6.45, 7) is 3.22. The Kier molecular flexibility index (Phi) is 31.0. The van der Waals surface area contributed by atoms with Gasteiger partial charge < -0.3 is 39.9 Å². The Bertz CT molecular complexity index is 1090. The number of phosphoric acid groups is 1. The van der Waals surface area contributed by atoms with Crippen molar-refractivity contribution in [3.63, 3.8) is 0 Å². The molecule has 1 aliphatic carbocycles. The lowest BCUT2D eigenvalue weighted by atomic mass is 9.85. The number of hydrogen-bond acceptors (Lipinski definition) is 12. The third-order valence-corrected chi connectivity index (χ3v) is 11.0. The smallest absolute Gasteiger partial charge is 0.462 e. The normalized spacial score (nSPS) is 23.1. The number of carbonyl (C=O) groups is 2. The molecular formula is C42H77O13P. The zero-order chi connectivity index (χ0) is 41.4. The second-order valence-electron chi connectivity index (χ2n) is 15.2. The van der Waals surface area contributed by atoms with E-state index in [1.54, 1.807) is 0 Å². The molecule has 328 valence electrons. The van der Waals surface area contributed by atoms with Crippen molar-refractivity contribution in [1.29, 1.82) is 0 Å². The van der Waals surface area contributed by atoms with Crippen molar-refractivity contribution in [2.24, 2.45) is 0 Å². The van der Waals surface area contributed by atoms with Crippen LogP contribution in [-0.4, -0.2) is 98.3 Å². The van der Waals surface area contributed by atoms with Gasteiger partial charge in [0.15, 0.2) is 6.10 Å². The molecule has 0 heterocycles. The minimum Gasteiger partial charge on any atom is -0.462 e. The van der Waals surface area contributed by atoms with E-state index in [2.05, 4.69) is 38.2 Å². The van der Waals surface area contributed by atoms with Gasteiger partial charge in [-0.3, -0.25) is 18.6 Å². The summed E-state index contributed by atoms with van der Waals surface area (Å²) in [5.74, 6) is -1.11. The highest BCUT2D eigenvalue weighted by atomic mass is 31.2. The molecule has 0 amide bonds. The highest BCUT2D eigenvalue weighted by Gasteiger charge is 2.51. The first kappa shape index (κ1) is 52.3. The van der Waals surface area contributed by atoms with Gasteiger partial charge in [0.05, 0.1) is 6.61 Å². The number of ether oxygens (including phenoxy) is 2. The molecule has 0 saturated heterocycles. The molecule has 13 nitrogen and oxygen atoms in total. The first-order valence-electron chi connectivity index (χ1n) is 21.6. The molecule has 6 unspecified atom stereocenters. The first-order valence-corrected chi connectivity index (χ1v) is 23.1. The quantitative estimate of drug-likeness (QED) is 0.0157. The van der Waals surface area contributed by atoms with E-state index in [4.69, 9.17) is 18.5 Å². The van der Waals surface area contributed by atoms with Gasteiger partial charge in [0, 0.05) is 12.8 Å². The molecule has 1 aliphatic rings. The third-order valence-electron chi connectivity index (χ3n) is 10.0. The number of allylic oxidation sites excluding steroid dienone is 4. The van der Waals surface area contributed by atoms with Crippen LogP contribution in [0.1, 0.15) is 174 Å². The van der Waals surface area contributed by atoms with E-state index < -0.39 is 75.7 Å². The molecule has 1 rings (SSSR count). The van der Waals surface area contributed by atoms with Gasteiger partial charge >= 0.3 is 19.8 Å². The van der Waals surface area contributed by atoms with Crippen LogP contribution in [-0.2, 0) is 32.7 Å². The van der Waals surface area contributed by atoms with E-state index in [0.29, 0.717) is 12.8 Å². The Labute approximate surface area is 336 Å². The molecule has 0 aliphatic heterocycles. The van der Waals surface area contributed by atoms with Crippen molar-refractivity contribution in [2.45, 2.75) is 217 Å². The summed E-state index contributed by atoms with van der Waals surface area (Å²) in [7, 11) is -5.11. The maximum atomic E-state index is 12.8. The van der Waals surface area contributed by atoms with Crippen LogP contribution in [0.2, 0.25) is 0 Å². The Morgan fingerprint density at radius 3 is 1.48 bits per heavy atom. The minimum absolute atomic E-state index is 0.0940. The van der Waals surface area contributed by atoms with Gasteiger partial charge in [0.1, 0.15) is 43.2 Å². The predicted octanol–water partition coefficient (Wildman–Crippen LogP) is 7.67. The molecule has 0 spiro atoms. The van der Waals surface area contributed by atoms with Crippen LogP contribution in [0.4, 0.5) is 0 Å².